The van der Waals surface area contributed by atoms with E-state index in [0.717, 1.165) is 44.8 Å². The molecule has 2 aliphatic heterocycles. The fourth-order valence-corrected chi connectivity index (χ4v) is 10.1. The second-order valence-electron chi connectivity index (χ2n) is 10.4. The molecule has 0 aliphatic carbocycles. The van der Waals surface area contributed by atoms with Crippen LogP contribution in [0.5, 0.6) is 0 Å². The Labute approximate surface area is 233 Å². The van der Waals surface area contributed by atoms with E-state index in [1.54, 1.807) is 0 Å². The highest BCUT2D eigenvalue weighted by Gasteiger charge is 2.45. The second kappa shape index (κ2) is 8.94. The van der Waals surface area contributed by atoms with Crippen molar-refractivity contribution in [1.29, 1.82) is 0 Å². The van der Waals surface area contributed by atoms with Crippen LogP contribution in [-0.4, -0.2) is 23.0 Å². The third-order valence-corrected chi connectivity index (χ3v) is 12.1. The third-order valence-electron chi connectivity index (χ3n) is 7.54. The van der Waals surface area contributed by atoms with Gasteiger partial charge in [-0.05, 0) is 55.3 Å². The Balaban J connectivity index is 1.63. The Morgan fingerprint density at radius 3 is 2.39 bits per heavy atom. The maximum atomic E-state index is 6.77. The molecule has 38 heavy (non-hydrogen) atoms. The minimum Gasteiger partial charge on any atom is -0.350 e. The molecule has 0 fully saturated rings. The number of aryl methyl sites for hydroxylation is 2. The lowest BCUT2D eigenvalue weighted by Gasteiger charge is -2.35. The fourth-order valence-electron chi connectivity index (χ4n) is 5.69. The van der Waals surface area contributed by atoms with Gasteiger partial charge in [-0.2, -0.15) is 5.10 Å². The number of allylic oxidation sites excluding steroid dienone is 2. The number of nitrogens with zero attached hydrogens (tertiary/aromatic N) is 4. The molecule has 192 valence electrons. The van der Waals surface area contributed by atoms with E-state index in [0.29, 0.717) is 5.02 Å². The van der Waals surface area contributed by atoms with Gasteiger partial charge in [-0.15, -0.1) is 0 Å². The van der Waals surface area contributed by atoms with Gasteiger partial charge in [0.2, 0.25) is 0 Å². The number of aliphatic imine (C=N–C) groups is 1. The predicted octanol–water partition coefficient (Wildman–Crippen LogP) is 7.63. The van der Waals surface area contributed by atoms with Crippen LogP contribution in [-0.2, 0) is 17.2 Å². The Morgan fingerprint density at radius 1 is 0.974 bits per heavy atom. The molecule has 1 N–H and O–H groups in total. The number of para-hydroxylation sites is 2. The Hall–Kier alpha value is -3.18. The third kappa shape index (κ3) is 3.70. The highest BCUT2D eigenvalue weighted by molar-refractivity contribution is 8.21. The molecule has 5 nitrogen and oxygen atoms in total. The van der Waals surface area contributed by atoms with Crippen molar-refractivity contribution in [2.75, 3.05) is 17.0 Å². The van der Waals surface area contributed by atoms with Crippen LogP contribution < -0.4 is 15.3 Å². The number of halogens is 1. The minimum atomic E-state index is -2.67. The predicted molar refractivity (Wildman–Crippen MR) is 165 cm³/mol. The summed E-state index contributed by atoms with van der Waals surface area (Å²) in [5, 5.41) is 11.5. The lowest BCUT2D eigenvalue weighted by atomic mass is 9.84. The van der Waals surface area contributed by atoms with Crippen molar-refractivity contribution in [2.45, 2.75) is 33.1 Å². The van der Waals surface area contributed by atoms with Crippen LogP contribution in [0.25, 0.3) is 5.69 Å². The van der Waals surface area contributed by atoms with Crippen molar-refractivity contribution in [3.05, 3.63) is 106 Å². The zero-order valence-corrected chi connectivity index (χ0v) is 24.5. The molecular weight excluding hydrogens is 529 g/mol. The van der Waals surface area contributed by atoms with Gasteiger partial charge in [0.15, 0.2) is 5.82 Å². The molecule has 1 atom stereocenters. The minimum absolute atomic E-state index is 0.260. The Morgan fingerprint density at radius 2 is 1.68 bits per heavy atom. The van der Waals surface area contributed by atoms with Crippen molar-refractivity contribution < 1.29 is 0 Å². The molecule has 0 bridgehead atoms. The Bertz CT molecular complexity index is 1700. The first-order chi connectivity index (χ1) is 18.1. The van der Waals surface area contributed by atoms with Crippen LogP contribution in [0.3, 0.4) is 0 Å². The standard InChI is InChI=1S/C30H29ClN5PS/c1-19-15-16-21(17-24(19)31)34-37(38)26(28-30(3,4)23-13-9-10-14-25(23)35(28)5)18-32-29-27(37)20(2)33-36(29)22-11-7-6-8-12-22/h6-18H,1-5H3,(H,34,38). The number of anilines is 2. The van der Waals surface area contributed by atoms with E-state index >= 15 is 0 Å². The van der Waals surface area contributed by atoms with E-state index < -0.39 is 6.19 Å². The van der Waals surface area contributed by atoms with Gasteiger partial charge in [0.25, 0.3) is 0 Å². The first kappa shape index (κ1) is 25.1. The van der Waals surface area contributed by atoms with Crippen molar-refractivity contribution in [3.8, 4) is 5.69 Å². The van der Waals surface area contributed by atoms with Crippen LogP contribution >= 0.6 is 17.8 Å². The van der Waals surface area contributed by atoms with Crippen molar-refractivity contribution in [2.24, 2.45) is 4.99 Å². The van der Waals surface area contributed by atoms with Gasteiger partial charge in [0.1, 0.15) is 0 Å². The van der Waals surface area contributed by atoms with Gasteiger partial charge in [-0.25, -0.2) is 9.67 Å². The summed E-state index contributed by atoms with van der Waals surface area (Å²) in [4.78, 5) is 7.31. The van der Waals surface area contributed by atoms with Gasteiger partial charge in [0.05, 0.1) is 22.9 Å². The average molecular weight is 558 g/mol. The summed E-state index contributed by atoms with van der Waals surface area (Å²) >= 11 is 13.3. The molecule has 8 heteroatoms. The molecule has 3 heterocycles. The van der Waals surface area contributed by atoms with E-state index in [1.165, 1.54) is 11.3 Å². The van der Waals surface area contributed by atoms with Crippen LogP contribution in [0.15, 0.2) is 88.8 Å². The second-order valence-corrected chi connectivity index (χ2v) is 14.8. The molecule has 1 unspecified atom stereocenters. The fraction of sp³-hybridized carbons (Fsp3) is 0.200. The number of aromatic nitrogens is 2. The quantitative estimate of drug-likeness (QED) is 0.263. The van der Waals surface area contributed by atoms with E-state index in [1.807, 2.05) is 67.2 Å². The lowest BCUT2D eigenvalue weighted by Crippen LogP contribution is -2.29. The number of nitrogens with one attached hydrogen (secondary N) is 1. The number of benzene rings is 3. The van der Waals surface area contributed by atoms with Gasteiger partial charge in [0, 0.05) is 46.1 Å². The monoisotopic (exact) mass is 557 g/mol. The molecular formula is C30H29ClN5PS. The summed E-state index contributed by atoms with van der Waals surface area (Å²) in [5.41, 5.74) is 7.12. The van der Waals surface area contributed by atoms with Crippen LogP contribution in [0.2, 0.25) is 5.02 Å². The normalized spacial score (nSPS) is 21.4. The highest BCUT2D eigenvalue weighted by Crippen LogP contribution is 2.62. The van der Waals surface area contributed by atoms with E-state index in [-0.39, 0.29) is 5.41 Å². The first-order valence-corrected chi connectivity index (χ1v) is 15.7. The van der Waals surface area contributed by atoms with E-state index in [2.05, 4.69) is 61.2 Å². The van der Waals surface area contributed by atoms with Crippen LogP contribution in [0.4, 0.5) is 17.2 Å². The largest absolute Gasteiger partial charge is 0.350 e. The zero-order valence-electron chi connectivity index (χ0n) is 22.0. The maximum Gasteiger partial charge on any atom is 0.166 e. The molecule has 4 aromatic rings. The van der Waals surface area contributed by atoms with E-state index in [4.69, 9.17) is 33.5 Å². The zero-order chi connectivity index (χ0) is 26.8. The summed E-state index contributed by atoms with van der Waals surface area (Å²) in [7, 11) is 2.13. The van der Waals surface area contributed by atoms with Gasteiger partial charge < -0.3 is 9.99 Å². The van der Waals surface area contributed by atoms with Gasteiger partial charge in [-0.3, -0.25) is 0 Å². The van der Waals surface area contributed by atoms with Crippen molar-refractivity contribution in [1.82, 2.24) is 9.78 Å². The molecule has 0 spiro atoms. The van der Waals surface area contributed by atoms with Gasteiger partial charge >= 0.3 is 0 Å². The summed E-state index contributed by atoms with van der Waals surface area (Å²) in [6.07, 6.45) is -0.694. The number of hydrogen-bond acceptors (Lipinski definition) is 4. The Kier molecular flexibility index (Phi) is 5.91. The molecule has 0 amide bonds. The molecule has 0 saturated heterocycles. The maximum absolute atomic E-state index is 6.77. The number of fused-ring (bicyclic) bond motifs is 2. The summed E-state index contributed by atoms with van der Waals surface area (Å²) in [6, 6.07) is 24.7. The van der Waals surface area contributed by atoms with Crippen molar-refractivity contribution >= 4 is 58.3 Å². The summed E-state index contributed by atoms with van der Waals surface area (Å²) in [6.45, 7) is 8.57. The lowest BCUT2D eigenvalue weighted by molar-refractivity contribution is 0.639. The topological polar surface area (TPSA) is 45.4 Å². The summed E-state index contributed by atoms with van der Waals surface area (Å²) < 4.78 is 1.91. The smallest absolute Gasteiger partial charge is 0.166 e. The molecule has 0 saturated carbocycles. The molecule has 6 rings (SSSR count). The first-order valence-electron chi connectivity index (χ1n) is 12.6. The molecule has 2 aliphatic rings. The number of hydrogen-bond donors (Lipinski definition) is 1. The molecule has 0 radical (unpaired) electrons. The molecule has 3 aromatic carbocycles. The van der Waals surface area contributed by atoms with E-state index in [9.17, 15) is 0 Å². The number of rotatable bonds is 3. The SMILES string of the molecule is Cc1ccc(NP2(=S)C(=C3N(C)c4ccccc4C3(C)C)C=Nc3c2c(C)nn3-c2ccccc2)cc1Cl. The average Bonchev–Trinajstić information content (AvgIpc) is 3.34. The van der Waals surface area contributed by atoms with Crippen LogP contribution in [0.1, 0.15) is 30.7 Å². The summed E-state index contributed by atoms with van der Waals surface area (Å²) in [5.74, 6) is 0.781. The van der Waals surface area contributed by atoms with Gasteiger partial charge in [-0.1, -0.05) is 79.7 Å². The van der Waals surface area contributed by atoms with Crippen LogP contribution in [0, 0.1) is 13.8 Å². The van der Waals surface area contributed by atoms with Crippen molar-refractivity contribution in [3.63, 3.8) is 0 Å². The molecule has 1 aromatic heterocycles. The highest BCUT2D eigenvalue weighted by atomic mass is 35.5. The number of likely N-dealkylation sites (N-methyl/N-ethyl adjacent to an activating group) is 1.